The third kappa shape index (κ3) is 3.63. The maximum Gasteiger partial charge on any atom is -0.0224 e. The molecular formula is C13H19. The molecule has 0 aromatic heterocycles. The fraction of sp³-hybridized carbons (Fsp3) is 0.462. The summed E-state index contributed by atoms with van der Waals surface area (Å²) in [7, 11) is 0. The molecule has 0 saturated heterocycles. The van der Waals surface area contributed by atoms with Gasteiger partial charge in [-0.15, -0.1) is 0 Å². The van der Waals surface area contributed by atoms with Crippen LogP contribution in [0.1, 0.15) is 32.8 Å². The molecule has 13 heavy (non-hydrogen) atoms. The van der Waals surface area contributed by atoms with Crippen molar-refractivity contribution in [1.82, 2.24) is 0 Å². The first-order valence-corrected chi connectivity index (χ1v) is 5.02. The number of hydrogen-bond acceptors (Lipinski definition) is 0. The minimum Gasteiger partial charge on any atom is -0.0651 e. The zero-order valence-electron chi connectivity index (χ0n) is 8.88. The van der Waals surface area contributed by atoms with E-state index in [1.54, 1.807) is 0 Å². The topological polar surface area (TPSA) is 0 Å². The maximum atomic E-state index is 2.39. The second kappa shape index (κ2) is 4.45. The van der Waals surface area contributed by atoms with Crippen molar-refractivity contribution in [2.45, 2.75) is 33.6 Å². The molecule has 1 aromatic carbocycles. The SMILES string of the molecule is CC[CH]C(C)(C)Cc1ccccc1. The Morgan fingerprint density at radius 3 is 2.31 bits per heavy atom. The number of hydrogen-bond donors (Lipinski definition) is 0. The third-order valence-corrected chi connectivity index (χ3v) is 2.26. The van der Waals surface area contributed by atoms with Gasteiger partial charge in [0.25, 0.3) is 0 Å². The van der Waals surface area contributed by atoms with E-state index in [0.717, 1.165) is 12.8 Å². The quantitative estimate of drug-likeness (QED) is 0.651. The van der Waals surface area contributed by atoms with Gasteiger partial charge in [-0.1, -0.05) is 57.5 Å². The van der Waals surface area contributed by atoms with Crippen molar-refractivity contribution in [2.75, 3.05) is 0 Å². The van der Waals surface area contributed by atoms with Crippen LogP contribution in [0.25, 0.3) is 0 Å². The van der Waals surface area contributed by atoms with Crippen molar-refractivity contribution < 1.29 is 0 Å². The molecule has 0 spiro atoms. The molecule has 0 aliphatic carbocycles. The predicted molar refractivity (Wildman–Crippen MR) is 58.5 cm³/mol. The highest BCUT2D eigenvalue weighted by molar-refractivity contribution is 5.17. The first-order valence-electron chi connectivity index (χ1n) is 5.02. The van der Waals surface area contributed by atoms with E-state index in [4.69, 9.17) is 0 Å². The maximum absolute atomic E-state index is 2.39. The molecule has 0 nitrogen and oxygen atoms in total. The lowest BCUT2D eigenvalue weighted by atomic mass is 9.82. The van der Waals surface area contributed by atoms with Gasteiger partial charge in [0.15, 0.2) is 0 Å². The Kier molecular flexibility index (Phi) is 3.53. The summed E-state index contributed by atoms with van der Waals surface area (Å²) in [6, 6.07) is 10.7. The van der Waals surface area contributed by atoms with Crippen molar-refractivity contribution in [3.8, 4) is 0 Å². The van der Waals surface area contributed by atoms with Crippen molar-refractivity contribution >= 4 is 0 Å². The van der Waals surface area contributed by atoms with E-state index in [1.165, 1.54) is 5.56 Å². The molecule has 0 heterocycles. The van der Waals surface area contributed by atoms with Gasteiger partial charge in [-0.05, 0) is 23.8 Å². The lowest BCUT2D eigenvalue weighted by Crippen LogP contribution is -2.15. The summed E-state index contributed by atoms with van der Waals surface area (Å²) >= 11 is 0. The Bertz CT molecular complexity index is 233. The van der Waals surface area contributed by atoms with Gasteiger partial charge in [-0.25, -0.2) is 0 Å². The molecule has 0 bridgehead atoms. The zero-order valence-corrected chi connectivity index (χ0v) is 8.88. The Morgan fingerprint density at radius 1 is 1.15 bits per heavy atom. The van der Waals surface area contributed by atoms with Gasteiger partial charge in [-0.3, -0.25) is 0 Å². The van der Waals surface area contributed by atoms with Crippen LogP contribution in [0.5, 0.6) is 0 Å². The molecule has 0 amide bonds. The summed E-state index contributed by atoms with van der Waals surface area (Å²) in [6.45, 7) is 6.79. The van der Waals surface area contributed by atoms with Gasteiger partial charge in [0, 0.05) is 0 Å². The zero-order chi connectivity index (χ0) is 9.73. The fourth-order valence-electron chi connectivity index (χ4n) is 1.75. The van der Waals surface area contributed by atoms with Crippen molar-refractivity contribution in [3.63, 3.8) is 0 Å². The molecule has 1 radical (unpaired) electrons. The predicted octanol–water partition coefficient (Wildman–Crippen LogP) is 3.87. The van der Waals surface area contributed by atoms with Crippen LogP contribution in [-0.2, 0) is 6.42 Å². The van der Waals surface area contributed by atoms with Crippen LogP contribution >= 0.6 is 0 Å². The fourth-order valence-corrected chi connectivity index (χ4v) is 1.75. The van der Waals surface area contributed by atoms with Gasteiger partial charge in [0.2, 0.25) is 0 Å². The summed E-state index contributed by atoms with van der Waals surface area (Å²) in [5.74, 6) is 0. The smallest absolute Gasteiger partial charge is 0.0224 e. The largest absolute Gasteiger partial charge is 0.0651 e. The van der Waals surface area contributed by atoms with Crippen LogP contribution in [0.2, 0.25) is 0 Å². The molecule has 71 valence electrons. The van der Waals surface area contributed by atoms with E-state index in [1.807, 2.05) is 0 Å². The summed E-state index contributed by atoms with van der Waals surface area (Å²) in [5, 5.41) is 0. The van der Waals surface area contributed by atoms with E-state index in [2.05, 4.69) is 57.5 Å². The molecule has 0 atom stereocenters. The highest BCUT2D eigenvalue weighted by Gasteiger charge is 2.16. The van der Waals surface area contributed by atoms with E-state index < -0.39 is 0 Å². The first-order chi connectivity index (χ1) is 6.14. The molecule has 0 N–H and O–H groups in total. The van der Waals surface area contributed by atoms with Crippen LogP contribution < -0.4 is 0 Å². The molecular weight excluding hydrogens is 156 g/mol. The van der Waals surface area contributed by atoms with Gasteiger partial charge >= 0.3 is 0 Å². The van der Waals surface area contributed by atoms with Crippen LogP contribution in [0, 0.1) is 11.8 Å². The van der Waals surface area contributed by atoms with Crippen LogP contribution in [0.4, 0.5) is 0 Å². The van der Waals surface area contributed by atoms with Crippen molar-refractivity contribution in [3.05, 3.63) is 42.3 Å². The molecule has 0 aliphatic rings. The summed E-state index contributed by atoms with van der Waals surface area (Å²) in [6.07, 6.45) is 4.68. The third-order valence-electron chi connectivity index (χ3n) is 2.26. The standard InChI is InChI=1S/C13H19/c1-4-10-13(2,3)11-12-8-6-5-7-9-12/h5-10H,4,11H2,1-3H3. The average molecular weight is 175 g/mol. The van der Waals surface area contributed by atoms with E-state index in [-0.39, 0.29) is 0 Å². The average Bonchev–Trinajstić information content (AvgIpc) is 2.04. The molecule has 0 heteroatoms. The molecule has 1 rings (SSSR count). The van der Waals surface area contributed by atoms with Gasteiger partial charge < -0.3 is 0 Å². The van der Waals surface area contributed by atoms with Gasteiger partial charge in [-0.2, -0.15) is 0 Å². The Hall–Kier alpha value is -0.780. The van der Waals surface area contributed by atoms with E-state index in [0.29, 0.717) is 5.41 Å². The number of rotatable bonds is 4. The molecule has 0 unspecified atom stereocenters. The number of benzene rings is 1. The van der Waals surface area contributed by atoms with Crippen molar-refractivity contribution in [1.29, 1.82) is 0 Å². The highest BCUT2D eigenvalue weighted by Crippen LogP contribution is 2.25. The first kappa shape index (κ1) is 10.3. The Morgan fingerprint density at radius 2 is 1.77 bits per heavy atom. The second-order valence-corrected chi connectivity index (χ2v) is 4.26. The summed E-state index contributed by atoms with van der Waals surface area (Å²) in [4.78, 5) is 0. The molecule has 0 aliphatic heterocycles. The van der Waals surface area contributed by atoms with Gasteiger partial charge in [0.1, 0.15) is 0 Å². The van der Waals surface area contributed by atoms with Crippen LogP contribution in [0.15, 0.2) is 30.3 Å². The normalized spacial score (nSPS) is 11.6. The Balaban J connectivity index is 2.58. The van der Waals surface area contributed by atoms with Gasteiger partial charge in [0.05, 0.1) is 0 Å². The lowest BCUT2D eigenvalue weighted by Gasteiger charge is -2.23. The summed E-state index contributed by atoms with van der Waals surface area (Å²) in [5.41, 5.74) is 1.76. The second-order valence-electron chi connectivity index (χ2n) is 4.26. The van der Waals surface area contributed by atoms with Crippen molar-refractivity contribution in [2.24, 2.45) is 5.41 Å². The molecule has 0 saturated carbocycles. The monoisotopic (exact) mass is 175 g/mol. The summed E-state index contributed by atoms with van der Waals surface area (Å²) < 4.78 is 0. The van der Waals surface area contributed by atoms with E-state index >= 15 is 0 Å². The minimum absolute atomic E-state index is 0.329. The van der Waals surface area contributed by atoms with Crippen LogP contribution in [0.3, 0.4) is 0 Å². The minimum atomic E-state index is 0.329. The van der Waals surface area contributed by atoms with Crippen LogP contribution in [-0.4, -0.2) is 0 Å². The Labute approximate surface area is 82.0 Å². The highest BCUT2D eigenvalue weighted by atomic mass is 14.2. The molecule has 0 fully saturated rings. The van der Waals surface area contributed by atoms with E-state index in [9.17, 15) is 0 Å². The molecule has 1 aromatic rings. The lowest BCUT2D eigenvalue weighted by molar-refractivity contribution is 0.423.